The van der Waals surface area contributed by atoms with Gasteiger partial charge in [0.15, 0.2) is 0 Å². The Kier molecular flexibility index (Phi) is 4.75. The van der Waals surface area contributed by atoms with Crippen LogP contribution in [0.15, 0.2) is 22.7 Å². The molecular formula is C9H9BrF2N2O2. The molecule has 0 unspecified atom stereocenters. The Morgan fingerprint density at radius 1 is 1.50 bits per heavy atom. The molecule has 1 rings (SSSR count). The highest BCUT2D eigenvalue weighted by atomic mass is 79.9. The van der Waals surface area contributed by atoms with E-state index in [-0.39, 0.29) is 12.2 Å². The topological polar surface area (TPSA) is 55.2 Å². The van der Waals surface area contributed by atoms with Gasteiger partial charge in [-0.2, -0.15) is 0 Å². The average Bonchev–Trinajstić information content (AvgIpc) is 2.19. The third kappa shape index (κ3) is 3.49. The molecule has 0 aromatic heterocycles. The third-order valence-electron chi connectivity index (χ3n) is 1.87. The molecule has 4 nitrogen and oxygen atoms in total. The van der Waals surface area contributed by atoms with E-state index in [1.165, 1.54) is 12.1 Å². The van der Waals surface area contributed by atoms with Crippen LogP contribution in [0.3, 0.4) is 0 Å². The van der Waals surface area contributed by atoms with Crippen molar-refractivity contribution in [2.24, 2.45) is 0 Å². The zero-order chi connectivity index (χ0) is 12.1. The van der Waals surface area contributed by atoms with E-state index in [9.17, 15) is 18.9 Å². The summed E-state index contributed by atoms with van der Waals surface area (Å²) in [6.07, 6.45) is -2.43. The zero-order valence-electron chi connectivity index (χ0n) is 8.12. The highest BCUT2D eigenvalue weighted by molar-refractivity contribution is 9.10. The molecule has 0 aliphatic carbocycles. The predicted molar refractivity (Wildman–Crippen MR) is 58.5 cm³/mol. The summed E-state index contributed by atoms with van der Waals surface area (Å²) in [6.45, 7) is -0.276. The third-order valence-corrected chi connectivity index (χ3v) is 2.78. The highest BCUT2D eigenvalue weighted by Crippen LogP contribution is 2.27. The molecule has 0 heterocycles. The fourth-order valence-electron chi connectivity index (χ4n) is 1.16. The number of hydrogen-bond donors (Lipinski definition) is 1. The number of nitrogens with zero attached hydrogens (tertiary/aromatic N) is 1. The van der Waals surface area contributed by atoms with E-state index in [1.54, 1.807) is 6.07 Å². The Bertz CT molecular complexity index is 388. The summed E-state index contributed by atoms with van der Waals surface area (Å²) in [6, 6.07) is 4.50. The molecule has 0 atom stereocenters. The minimum Gasteiger partial charge on any atom is -0.307 e. The molecule has 1 N–H and O–H groups in total. The molecule has 0 radical (unpaired) electrons. The number of halogens is 3. The van der Waals surface area contributed by atoms with Crippen LogP contribution in [-0.2, 0) is 6.54 Å². The van der Waals surface area contributed by atoms with Crippen LogP contribution in [0.25, 0.3) is 0 Å². The number of hydrogen-bond acceptors (Lipinski definition) is 3. The van der Waals surface area contributed by atoms with E-state index in [0.717, 1.165) is 0 Å². The fourth-order valence-corrected chi connectivity index (χ4v) is 1.71. The second-order valence-corrected chi connectivity index (χ2v) is 3.82. The smallest absolute Gasteiger partial charge is 0.283 e. The number of nitrogens with one attached hydrogen (secondary N) is 1. The minimum absolute atomic E-state index is 0.0728. The van der Waals surface area contributed by atoms with Crippen molar-refractivity contribution in [3.63, 3.8) is 0 Å². The Morgan fingerprint density at radius 2 is 2.19 bits per heavy atom. The van der Waals surface area contributed by atoms with E-state index in [4.69, 9.17) is 0 Å². The Balaban J connectivity index is 2.73. The van der Waals surface area contributed by atoms with Crippen molar-refractivity contribution >= 4 is 21.6 Å². The summed E-state index contributed by atoms with van der Waals surface area (Å²) in [5.74, 6) is 0. The molecule has 16 heavy (non-hydrogen) atoms. The monoisotopic (exact) mass is 294 g/mol. The number of benzene rings is 1. The molecular weight excluding hydrogens is 286 g/mol. The van der Waals surface area contributed by atoms with E-state index in [2.05, 4.69) is 21.2 Å². The summed E-state index contributed by atoms with van der Waals surface area (Å²) in [4.78, 5) is 10.1. The molecule has 0 bridgehead atoms. The van der Waals surface area contributed by atoms with Gasteiger partial charge in [-0.3, -0.25) is 10.1 Å². The van der Waals surface area contributed by atoms with E-state index in [0.29, 0.717) is 10.0 Å². The molecule has 88 valence electrons. The predicted octanol–water partition coefficient (Wildman–Crippen LogP) is 2.71. The average molecular weight is 295 g/mol. The lowest BCUT2D eigenvalue weighted by atomic mass is 10.2. The molecule has 0 spiro atoms. The van der Waals surface area contributed by atoms with Crippen molar-refractivity contribution in [1.29, 1.82) is 0 Å². The molecule has 0 aliphatic rings. The maximum absolute atomic E-state index is 11.9. The van der Waals surface area contributed by atoms with Crippen LogP contribution in [0, 0.1) is 10.1 Å². The van der Waals surface area contributed by atoms with Crippen molar-refractivity contribution in [2.75, 3.05) is 6.54 Å². The first-order chi connectivity index (χ1) is 7.52. The standard InChI is InChI=1S/C9H9BrF2N2O2/c10-9-6(4-13-5-8(11)12)2-1-3-7(9)14(15)16/h1-3,8,13H,4-5H2. The number of nitro benzene ring substituents is 1. The van der Waals surface area contributed by atoms with Crippen LogP contribution in [0.2, 0.25) is 0 Å². The maximum atomic E-state index is 11.9. The summed E-state index contributed by atoms with van der Waals surface area (Å²) in [5.41, 5.74) is 0.506. The van der Waals surface area contributed by atoms with Crippen molar-refractivity contribution in [3.8, 4) is 0 Å². The van der Waals surface area contributed by atoms with Gasteiger partial charge in [0.05, 0.1) is 15.9 Å². The number of nitro groups is 1. The van der Waals surface area contributed by atoms with Crippen LogP contribution in [0.4, 0.5) is 14.5 Å². The van der Waals surface area contributed by atoms with Gasteiger partial charge in [-0.15, -0.1) is 0 Å². The molecule has 0 aliphatic heterocycles. The summed E-state index contributed by atoms with van der Waals surface area (Å²) in [7, 11) is 0. The van der Waals surface area contributed by atoms with Crippen LogP contribution in [0.5, 0.6) is 0 Å². The van der Waals surface area contributed by atoms with Crippen LogP contribution >= 0.6 is 15.9 Å². The molecule has 0 fully saturated rings. The fraction of sp³-hybridized carbons (Fsp3) is 0.333. The maximum Gasteiger partial charge on any atom is 0.283 e. The normalized spacial score (nSPS) is 10.8. The first-order valence-corrected chi connectivity index (χ1v) is 5.22. The Labute approximate surface area is 98.9 Å². The van der Waals surface area contributed by atoms with Gasteiger partial charge in [-0.05, 0) is 21.5 Å². The second kappa shape index (κ2) is 5.86. The first kappa shape index (κ1) is 13.0. The molecule has 1 aromatic carbocycles. The molecule has 0 saturated carbocycles. The van der Waals surface area contributed by atoms with E-state index in [1.807, 2.05) is 0 Å². The lowest BCUT2D eigenvalue weighted by Gasteiger charge is -2.06. The van der Waals surface area contributed by atoms with Gasteiger partial charge in [0, 0.05) is 12.6 Å². The van der Waals surface area contributed by atoms with E-state index >= 15 is 0 Å². The summed E-state index contributed by atoms with van der Waals surface area (Å²) in [5, 5.41) is 13.1. The Morgan fingerprint density at radius 3 is 2.75 bits per heavy atom. The van der Waals surface area contributed by atoms with E-state index < -0.39 is 17.9 Å². The molecule has 7 heteroatoms. The molecule has 0 amide bonds. The van der Waals surface area contributed by atoms with Gasteiger partial charge >= 0.3 is 0 Å². The lowest BCUT2D eigenvalue weighted by molar-refractivity contribution is -0.385. The van der Waals surface area contributed by atoms with Crippen molar-refractivity contribution < 1.29 is 13.7 Å². The van der Waals surface area contributed by atoms with Crippen LogP contribution in [-0.4, -0.2) is 17.9 Å². The van der Waals surface area contributed by atoms with Crippen molar-refractivity contribution in [2.45, 2.75) is 13.0 Å². The number of rotatable bonds is 5. The molecule has 0 saturated heterocycles. The highest BCUT2D eigenvalue weighted by Gasteiger charge is 2.14. The van der Waals surface area contributed by atoms with Gasteiger partial charge < -0.3 is 5.32 Å². The Hall–Kier alpha value is -1.08. The van der Waals surface area contributed by atoms with Crippen LogP contribution < -0.4 is 5.32 Å². The summed E-state index contributed by atoms with van der Waals surface area (Å²) >= 11 is 3.08. The van der Waals surface area contributed by atoms with Gasteiger partial charge in [-0.1, -0.05) is 12.1 Å². The van der Waals surface area contributed by atoms with Crippen LogP contribution in [0.1, 0.15) is 5.56 Å². The molecule has 1 aromatic rings. The largest absolute Gasteiger partial charge is 0.307 e. The van der Waals surface area contributed by atoms with Crippen molar-refractivity contribution in [1.82, 2.24) is 5.32 Å². The van der Waals surface area contributed by atoms with Crippen molar-refractivity contribution in [3.05, 3.63) is 38.3 Å². The summed E-state index contributed by atoms with van der Waals surface area (Å²) < 4.78 is 24.0. The zero-order valence-corrected chi connectivity index (χ0v) is 9.71. The number of alkyl halides is 2. The lowest BCUT2D eigenvalue weighted by Crippen LogP contribution is -2.20. The quantitative estimate of drug-likeness (QED) is 0.671. The van der Waals surface area contributed by atoms with Gasteiger partial charge in [0.1, 0.15) is 0 Å². The van der Waals surface area contributed by atoms with Gasteiger partial charge in [0.2, 0.25) is 0 Å². The minimum atomic E-state index is -2.43. The first-order valence-electron chi connectivity index (χ1n) is 4.43. The van der Waals surface area contributed by atoms with Gasteiger partial charge in [0.25, 0.3) is 12.1 Å². The SMILES string of the molecule is O=[N+]([O-])c1cccc(CNCC(F)F)c1Br. The second-order valence-electron chi connectivity index (χ2n) is 3.03. The van der Waals surface area contributed by atoms with Gasteiger partial charge in [-0.25, -0.2) is 8.78 Å².